The lowest BCUT2D eigenvalue weighted by molar-refractivity contribution is -0.135. The van der Waals surface area contributed by atoms with Crippen molar-refractivity contribution in [1.82, 2.24) is 45.4 Å². The van der Waals surface area contributed by atoms with Crippen LogP contribution in [-0.4, -0.2) is 72.4 Å². The molecule has 2 aromatic carbocycles. The molecular formula is C42H47N9O4. The Hall–Kier alpha value is -5.85. The number of hydrogen-bond donors (Lipinski definition) is 4. The molecule has 13 nitrogen and oxygen atoms in total. The molecule has 13 heteroatoms. The molecule has 3 fully saturated rings. The minimum Gasteiger partial charge on any atom is -0.453 e. The second-order valence-corrected chi connectivity index (χ2v) is 15.4. The van der Waals surface area contributed by atoms with Crippen LogP contribution >= 0.6 is 0 Å². The molecule has 0 spiro atoms. The third kappa shape index (κ3) is 7.35. The molecule has 2 bridgehead atoms. The van der Waals surface area contributed by atoms with Crippen molar-refractivity contribution in [2.75, 3.05) is 13.7 Å². The van der Waals surface area contributed by atoms with Crippen LogP contribution in [0.25, 0.3) is 33.6 Å². The number of rotatable bonds is 11. The van der Waals surface area contributed by atoms with E-state index in [1.54, 1.807) is 12.4 Å². The molecule has 3 aromatic heterocycles. The van der Waals surface area contributed by atoms with Gasteiger partial charge in [0.1, 0.15) is 24.0 Å². The van der Waals surface area contributed by atoms with E-state index >= 15 is 0 Å². The first-order valence-electron chi connectivity index (χ1n) is 19.2. The zero-order chi connectivity index (χ0) is 38.1. The van der Waals surface area contributed by atoms with Crippen LogP contribution in [0.4, 0.5) is 4.79 Å². The SMILES string of the molecule is COC(=O)N[C@H](C(=O)N1CCC[C@H]1c1ncc(-c2ccc(-c3ccc(-c4cnc([C@@H]5[C@H]6CC[C@H](C6)[C@H]5C(=O)NCc5cncnc5)[nH]4)cc3)cc2)[nH]1)C(C)C. The van der Waals surface area contributed by atoms with Gasteiger partial charge in [0.25, 0.3) is 0 Å². The molecule has 5 aromatic rings. The first-order chi connectivity index (χ1) is 26.8. The van der Waals surface area contributed by atoms with Gasteiger partial charge in [-0.2, -0.15) is 0 Å². The third-order valence-corrected chi connectivity index (χ3v) is 11.8. The van der Waals surface area contributed by atoms with Crippen LogP contribution in [0.15, 0.2) is 79.6 Å². The summed E-state index contributed by atoms with van der Waals surface area (Å²) in [6.07, 6.45) is 13.0. The molecule has 1 saturated heterocycles. The average molecular weight is 742 g/mol. The molecule has 4 N–H and O–H groups in total. The average Bonchev–Trinajstić information content (AvgIpc) is 4.07. The van der Waals surface area contributed by atoms with E-state index in [1.165, 1.54) is 13.4 Å². The number of carbonyl (C=O) groups excluding carboxylic acids is 3. The highest BCUT2D eigenvalue weighted by molar-refractivity contribution is 5.86. The number of fused-ring (bicyclic) bond motifs is 2. The summed E-state index contributed by atoms with van der Waals surface area (Å²) in [5.74, 6) is 2.31. The predicted octanol–water partition coefficient (Wildman–Crippen LogP) is 6.41. The van der Waals surface area contributed by atoms with E-state index in [-0.39, 0.29) is 35.6 Å². The Morgan fingerprint density at radius 2 is 1.42 bits per heavy atom. The highest BCUT2D eigenvalue weighted by Gasteiger charge is 2.52. The Labute approximate surface area is 320 Å². The van der Waals surface area contributed by atoms with Crippen molar-refractivity contribution in [2.45, 2.75) is 70.5 Å². The molecule has 2 aliphatic carbocycles. The van der Waals surface area contributed by atoms with Crippen LogP contribution in [-0.2, 0) is 20.9 Å². The monoisotopic (exact) mass is 741 g/mol. The minimum absolute atomic E-state index is 0.0791. The van der Waals surface area contributed by atoms with Crippen molar-refractivity contribution >= 4 is 17.9 Å². The van der Waals surface area contributed by atoms with E-state index in [1.807, 2.05) is 31.1 Å². The molecule has 6 atom stereocenters. The van der Waals surface area contributed by atoms with E-state index in [4.69, 9.17) is 9.72 Å². The second-order valence-electron chi connectivity index (χ2n) is 15.4. The molecule has 1 aliphatic heterocycles. The van der Waals surface area contributed by atoms with E-state index in [0.717, 1.165) is 83.0 Å². The minimum atomic E-state index is -0.678. The summed E-state index contributed by atoms with van der Waals surface area (Å²) in [6, 6.07) is 15.9. The number of benzene rings is 2. The molecule has 3 aliphatic rings. The van der Waals surface area contributed by atoms with Crippen molar-refractivity contribution in [3.05, 3.63) is 96.9 Å². The second kappa shape index (κ2) is 15.5. The Bertz CT molecular complexity index is 2130. The standard InChI is InChI=1S/C42H47N9O4/c1-24(2)37(50-42(54)55-3)41(53)51-16-4-5-34(51)38-45-21-32(48-38)28-10-6-26(7-11-28)27-8-12-29(13-9-27)33-22-46-39(49-33)35-30-14-15-31(17-30)36(35)40(52)47-20-25-18-43-23-44-19-25/h6-13,18-19,21-24,30-31,34-37H,4-5,14-17,20H2,1-3H3,(H,45,48)(H,46,49)(H,47,52)(H,50,54)/t30-,31+,34-,35+,36+,37-/m0/s1. The number of hydrogen-bond acceptors (Lipinski definition) is 8. The van der Waals surface area contributed by atoms with Crippen LogP contribution in [0.2, 0.25) is 0 Å². The van der Waals surface area contributed by atoms with Crippen molar-refractivity contribution < 1.29 is 19.1 Å². The van der Waals surface area contributed by atoms with Crippen LogP contribution in [0.3, 0.4) is 0 Å². The van der Waals surface area contributed by atoms with E-state index in [0.29, 0.717) is 24.9 Å². The van der Waals surface area contributed by atoms with E-state index in [9.17, 15) is 14.4 Å². The number of carbonyl (C=O) groups is 3. The zero-order valence-corrected chi connectivity index (χ0v) is 31.4. The normalized spacial score (nSPS) is 22.2. The molecule has 8 rings (SSSR count). The summed E-state index contributed by atoms with van der Waals surface area (Å²) >= 11 is 0. The molecular weight excluding hydrogens is 695 g/mol. The molecule has 2 saturated carbocycles. The molecule has 284 valence electrons. The van der Waals surface area contributed by atoms with Gasteiger partial charge in [0.05, 0.1) is 42.9 Å². The van der Waals surface area contributed by atoms with Gasteiger partial charge in [-0.3, -0.25) is 9.59 Å². The molecule has 55 heavy (non-hydrogen) atoms. The smallest absolute Gasteiger partial charge is 0.407 e. The van der Waals surface area contributed by atoms with Gasteiger partial charge < -0.3 is 30.2 Å². The topological polar surface area (TPSA) is 171 Å². The lowest BCUT2D eigenvalue weighted by Gasteiger charge is -2.30. The maximum Gasteiger partial charge on any atom is 0.407 e. The molecule has 4 heterocycles. The third-order valence-electron chi connectivity index (χ3n) is 11.8. The summed E-state index contributed by atoms with van der Waals surface area (Å²) in [5, 5.41) is 5.84. The van der Waals surface area contributed by atoms with Gasteiger partial charge >= 0.3 is 6.09 Å². The quantitative estimate of drug-likeness (QED) is 0.120. The van der Waals surface area contributed by atoms with Gasteiger partial charge in [-0.15, -0.1) is 0 Å². The number of nitrogens with zero attached hydrogens (tertiary/aromatic N) is 5. The molecule has 3 amide bonds. The number of ether oxygens (including phenoxy) is 1. The Balaban J connectivity index is 0.918. The molecule has 0 radical (unpaired) electrons. The van der Waals surface area contributed by atoms with Crippen LogP contribution in [0, 0.1) is 23.7 Å². The number of nitrogens with one attached hydrogen (secondary N) is 4. The fourth-order valence-electron chi connectivity index (χ4n) is 8.97. The number of aromatic amines is 2. The predicted molar refractivity (Wildman–Crippen MR) is 206 cm³/mol. The lowest BCUT2D eigenvalue weighted by Crippen LogP contribution is -2.51. The number of aromatic nitrogens is 6. The summed E-state index contributed by atoms with van der Waals surface area (Å²) in [6.45, 7) is 4.84. The molecule has 0 unspecified atom stereocenters. The number of alkyl carbamates (subject to hydrolysis) is 1. The van der Waals surface area contributed by atoms with Gasteiger partial charge in [-0.05, 0) is 72.1 Å². The van der Waals surface area contributed by atoms with Crippen molar-refractivity contribution in [1.29, 1.82) is 0 Å². The van der Waals surface area contributed by atoms with E-state index in [2.05, 4.69) is 84.1 Å². The number of likely N-dealkylation sites (tertiary alicyclic amines) is 1. The van der Waals surface area contributed by atoms with Crippen molar-refractivity contribution in [3.63, 3.8) is 0 Å². The number of H-pyrrole nitrogens is 2. The Morgan fingerprint density at radius 3 is 2.05 bits per heavy atom. The van der Waals surface area contributed by atoms with E-state index < -0.39 is 12.1 Å². The highest BCUT2D eigenvalue weighted by atomic mass is 16.5. The summed E-state index contributed by atoms with van der Waals surface area (Å²) < 4.78 is 4.76. The van der Waals surface area contributed by atoms with Gasteiger partial charge in [0.2, 0.25) is 11.8 Å². The fraction of sp³-hybridized carbons (Fsp3) is 0.405. The maximum absolute atomic E-state index is 13.5. The first kappa shape index (κ1) is 36.1. The Kier molecular flexibility index (Phi) is 10.2. The summed E-state index contributed by atoms with van der Waals surface area (Å²) in [5.41, 5.74) is 6.92. The summed E-state index contributed by atoms with van der Waals surface area (Å²) in [7, 11) is 1.30. The lowest BCUT2D eigenvalue weighted by atomic mass is 9.78. The summed E-state index contributed by atoms with van der Waals surface area (Å²) in [4.78, 5) is 65.5. The van der Waals surface area contributed by atoms with Gasteiger partial charge in [0, 0.05) is 37.0 Å². The first-order valence-corrected chi connectivity index (χ1v) is 19.2. The van der Waals surface area contributed by atoms with Gasteiger partial charge in [-0.1, -0.05) is 62.4 Å². The van der Waals surface area contributed by atoms with Gasteiger partial charge in [-0.25, -0.2) is 24.7 Å². The maximum atomic E-state index is 13.5. The van der Waals surface area contributed by atoms with Crippen molar-refractivity contribution in [3.8, 4) is 33.6 Å². The van der Waals surface area contributed by atoms with Crippen LogP contribution < -0.4 is 10.6 Å². The largest absolute Gasteiger partial charge is 0.453 e. The number of imidazole rings is 2. The number of methoxy groups -OCH3 is 1. The fourth-order valence-corrected chi connectivity index (χ4v) is 8.97. The van der Waals surface area contributed by atoms with Crippen LogP contribution in [0.5, 0.6) is 0 Å². The number of amides is 3. The van der Waals surface area contributed by atoms with Crippen molar-refractivity contribution in [2.24, 2.45) is 23.7 Å². The van der Waals surface area contributed by atoms with Crippen LogP contribution in [0.1, 0.15) is 75.1 Å². The zero-order valence-electron chi connectivity index (χ0n) is 31.4. The highest BCUT2D eigenvalue weighted by Crippen LogP contribution is 2.56. The van der Waals surface area contributed by atoms with Gasteiger partial charge in [0.15, 0.2) is 0 Å². The Morgan fingerprint density at radius 1 is 0.818 bits per heavy atom.